The van der Waals surface area contributed by atoms with E-state index in [2.05, 4.69) is 16.8 Å². The number of fused-ring (bicyclic) bond motifs is 3. The first-order valence-electron chi connectivity index (χ1n) is 9.25. The van der Waals surface area contributed by atoms with Crippen molar-refractivity contribution >= 4 is 11.0 Å². The third-order valence-electron chi connectivity index (χ3n) is 5.79. The molecule has 1 aromatic carbocycles. The van der Waals surface area contributed by atoms with Gasteiger partial charge in [0.05, 0.1) is 5.39 Å². The number of aryl methyl sites for hydroxylation is 2. The number of benzene rings is 1. The molecule has 0 bridgehead atoms. The van der Waals surface area contributed by atoms with Gasteiger partial charge in [-0.3, -0.25) is 4.90 Å². The number of hydrogen-bond donors (Lipinski definition) is 1. The molecule has 0 spiro atoms. The number of phenols is 1. The summed E-state index contributed by atoms with van der Waals surface area (Å²) in [5.74, 6) is 0.316. The molecule has 0 radical (unpaired) electrons. The minimum Gasteiger partial charge on any atom is -0.507 e. The number of hydrogen-bond acceptors (Lipinski definition) is 5. The van der Waals surface area contributed by atoms with E-state index in [0.717, 1.165) is 86.0 Å². The van der Waals surface area contributed by atoms with Gasteiger partial charge in [-0.2, -0.15) is 0 Å². The Bertz CT molecular complexity index is 864. The van der Waals surface area contributed by atoms with Gasteiger partial charge >= 0.3 is 5.63 Å². The standard InChI is InChI=1S/C20H26N2O3/c1-13-11-17-18(14-5-3-4-6-15(14)20(24)25-17)19(23)16(13)12-22-9-7-21(2)8-10-22/h11,23H,3-10,12H2,1-2H3. The van der Waals surface area contributed by atoms with Crippen LogP contribution in [-0.2, 0) is 19.4 Å². The van der Waals surface area contributed by atoms with Crippen LogP contribution in [0.2, 0.25) is 0 Å². The molecule has 0 unspecified atom stereocenters. The molecule has 2 aromatic rings. The van der Waals surface area contributed by atoms with Crippen molar-refractivity contribution in [2.75, 3.05) is 33.2 Å². The predicted molar refractivity (Wildman–Crippen MR) is 98.3 cm³/mol. The second-order valence-corrected chi connectivity index (χ2v) is 7.53. The molecule has 2 aliphatic rings. The Kier molecular flexibility index (Phi) is 4.29. The van der Waals surface area contributed by atoms with E-state index in [0.29, 0.717) is 11.3 Å². The maximum atomic E-state index is 12.3. The number of rotatable bonds is 2. The van der Waals surface area contributed by atoms with Crippen molar-refractivity contribution in [2.45, 2.75) is 39.2 Å². The fraction of sp³-hybridized carbons (Fsp3) is 0.550. The van der Waals surface area contributed by atoms with Crippen LogP contribution in [-0.4, -0.2) is 48.1 Å². The minimum atomic E-state index is -0.229. The van der Waals surface area contributed by atoms with Crippen LogP contribution < -0.4 is 5.63 Å². The van der Waals surface area contributed by atoms with Crippen LogP contribution >= 0.6 is 0 Å². The van der Waals surface area contributed by atoms with Gasteiger partial charge in [0.25, 0.3) is 0 Å². The summed E-state index contributed by atoms with van der Waals surface area (Å²) in [4.78, 5) is 17.0. The SMILES string of the molecule is Cc1cc2oc(=O)c3c(c2c(O)c1CN1CCN(C)CC1)CCCC3. The fourth-order valence-electron chi connectivity index (χ4n) is 4.18. The van der Waals surface area contributed by atoms with Gasteiger partial charge in [-0.25, -0.2) is 4.79 Å². The quantitative estimate of drug-likeness (QED) is 0.850. The van der Waals surface area contributed by atoms with Crippen molar-refractivity contribution in [3.05, 3.63) is 38.7 Å². The smallest absolute Gasteiger partial charge is 0.339 e. The van der Waals surface area contributed by atoms with E-state index in [4.69, 9.17) is 4.42 Å². The van der Waals surface area contributed by atoms with Crippen molar-refractivity contribution in [3.8, 4) is 5.75 Å². The van der Waals surface area contributed by atoms with E-state index in [1.54, 1.807) is 0 Å². The lowest BCUT2D eigenvalue weighted by molar-refractivity contribution is 0.147. The molecule has 0 amide bonds. The van der Waals surface area contributed by atoms with Crippen LogP contribution in [0.1, 0.15) is 35.1 Å². The lowest BCUT2D eigenvalue weighted by Crippen LogP contribution is -2.44. The summed E-state index contributed by atoms with van der Waals surface area (Å²) in [5.41, 5.74) is 4.04. The summed E-state index contributed by atoms with van der Waals surface area (Å²) < 4.78 is 5.54. The van der Waals surface area contributed by atoms with Crippen molar-refractivity contribution in [1.82, 2.24) is 9.80 Å². The van der Waals surface area contributed by atoms with Crippen LogP contribution in [0.15, 0.2) is 15.3 Å². The maximum Gasteiger partial charge on any atom is 0.339 e. The van der Waals surface area contributed by atoms with Gasteiger partial charge in [0.2, 0.25) is 0 Å². The van der Waals surface area contributed by atoms with Crippen LogP contribution in [0.3, 0.4) is 0 Å². The second-order valence-electron chi connectivity index (χ2n) is 7.53. The molecule has 5 heteroatoms. The van der Waals surface area contributed by atoms with Gasteiger partial charge in [-0.15, -0.1) is 0 Å². The molecule has 4 rings (SSSR count). The summed E-state index contributed by atoms with van der Waals surface area (Å²) in [6.45, 7) is 6.86. The van der Waals surface area contributed by atoms with Gasteiger partial charge in [-0.05, 0) is 56.8 Å². The highest BCUT2D eigenvalue weighted by Crippen LogP contribution is 2.37. The summed E-state index contributed by atoms with van der Waals surface area (Å²) in [6.07, 6.45) is 3.69. The van der Waals surface area contributed by atoms with Crippen LogP contribution in [0.4, 0.5) is 0 Å². The monoisotopic (exact) mass is 342 g/mol. The molecule has 5 nitrogen and oxygen atoms in total. The van der Waals surface area contributed by atoms with Gasteiger partial charge < -0.3 is 14.4 Å². The Morgan fingerprint density at radius 2 is 1.80 bits per heavy atom. The number of aromatic hydroxyl groups is 1. The second kappa shape index (κ2) is 6.46. The molecular formula is C20H26N2O3. The molecule has 2 heterocycles. The Hall–Kier alpha value is -1.85. The van der Waals surface area contributed by atoms with E-state index >= 15 is 0 Å². The topological polar surface area (TPSA) is 56.9 Å². The zero-order chi connectivity index (χ0) is 17.6. The van der Waals surface area contributed by atoms with E-state index in [1.165, 1.54) is 0 Å². The van der Waals surface area contributed by atoms with E-state index in [1.807, 2.05) is 13.0 Å². The molecule has 1 aliphatic heterocycles. The Morgan fingerprint density at radius 1 is 1.12 bits per heavy atom. The maximum absolute atomic E-state index is 12.3. The molecule has 1 aromatic heterocycles. The zero-order valence-electron chi connectivity index (χ0n) is 15.1. The third-order valence-corrected chi connectivity index (χ3v) is 5.79. The van der Waals surface area contributed by atoms with E-state index in [-0.39, 0.29) is 5.63 Å². The Labute approximate surface area is 147 Å². The molecule has 1 saturated heterocycles. The van der Waals surface area contributed by atoms with Gasteiger partial charge in [0.1, 0.15) is 11.3 Å². The zero-order valence-corrected chi connectivity index (χ0v) is 15.1. The van der Waals surface area contributed by atoms with Gasteiger partial charge in [-0.1, -0.05) is 0 Å². The largest absolute Gasteiger partial charge is 0.507 e. The fourth-order valence-corrected chi connectivity index (χ4v) is 4.18. The summed E-state index contributed by atoms with van der Waals surface area (Å²) in [6, 6.07) is 1.93. The number of nitrogens with zero attached hydrogens (tertiary/aromatic N) is 2. The van der Waals surface area contributed by atoms with Gasteiger partial charge in [0, 0.05) is 43.9 Å². The average molecular weight is 342 g/mol. The number of phenolic OH excluding ortho intramolecular Hbond substituents is 1. The van der Waals surface area contributed by atoms with Gasteiger partial charge in [0.15, 0.2) is 0 Å². The van der Waals surface area contributed by atoms with Crippen molar-refractivity contribution < 1.29 is 9.52 Å². The first kappa shape index (κ1) is 16.6. The highest BCUT2D eigenvalue weighted by Gasteiger charge is 2.24. The minimum absolute atomic E-state index is 0.229. The predicted octanol–water partition coefficient (Wildman–Crippen LogP) is 2.43. The molecule has 1 N–H and O–H groups in total. The molecule has 134 valence electrons. The normalized spacial score (nSPS) is 19.3. The summed E-state index contributed by atoms with van der Waals surface area (Å²) >= 11 is 0. The lowest BCUT2D eigenvalue weighted by Gasteiger charge is -2.33. The summed E-state index contributed by atoms with van der Waals surface area (Å²) in [7, 11) is 2.14. The van der Waals surface area contributed by atoms with Crippen LogP contribution in [0.5, 0.6) is 5.75 Å². The Balaban J connectivity index is 1.80. The third kappa shape index (κ3) is 2.96. The first-order valence-corrected chi connectivity index (χ1v) is 9.25. The first-order chi connectivity index (χ1) is 12.0. The van der Waals surface area contributed by atoms with E-state index < -0.39 is 0 Å². The van der Waals surface area contributed by atoms with E-state index in [9.17, 15) is 9.90 Å². The van der Waals surface area contributed by atoms with Crippen LogP contribution in [0, 0.1) is 6.92 Å². The van der Waals surface area contributed by atoms with Crippen molar-refractivity contribution in [2.24, 2.45) is 0 Å². The van der Waals surface area contributed by atoms with Crippen LogP contribution in [0.25, 0.3) is 11.0 Å². The molecule has 1 fully saturated rings. The Morgan fingerprint density at radius 3 is 2.52 bits per heavy atom. The number of piperazine rings is 1. The molecule has 0 saturated carbocycles. The highest BCUT2D eigenvalue weighted by atomic mass is 16.4. The molecule has 25 heavy (non-hydrogen) atoms. The highest BCUT2D eigenvalue weighted by molar-refractivity contribution is 5.89. The molecule has 1 aliphatic carbocycles. The number of likely N-dealkylation sites (N-methyl/N-ethyl adjacent to an activating group) is 1. The summed E-state index contributed by atoms with van der Waals surface area (Å²) in [5, 5.41) is 11.8. The molecular weight excluding hydrogens is 316 g/mol. The lowest BCUT2D eigenvalue weighted by atomic mass is 9.89. The molecule has 0 atom stereocenters. The van der Waals surface area contributed by atoms with Crippen molar-refractivity contribution in [3.63, 3.8) is 0 Å². The average Bonchev–Trinajstić information content (AvgIpc) is 2.60. The van der Waals surface area contributed by atoms with Crippen molar-refractivity contribution in [1.29, 1.82) is 0 Å².